The van der Waals surface area contributed by atoms with Crippen LogP contribution in [-0.4, -0.2) is 62.6 Å². The van der Waals surface area contributed by atoms with Gasteiger partial charge in [0.15, 0.2) is 5.96 Å². The number of hydrogen-bond acceptors (Lipinski definition) is 4. The molecular formula is C21H30N4O3. The summed E-state index contributed by atoms with van der Waals surface area (Å²) in [6.45, 7) is 6.83. The first-order valence-corrected chi connectivity index (χ1v) is 10.0. The second kappa shape index (κ2) is 9.08. The second-order valence-electron chi connectivity index (χ2n) is 7.46. The minimum absolute atomic E-state index is 0.000633. The van der Waals surface area contributed by atoms with Gasteiger partial charge in [-0.2, -0.15) is 0 Å². The lowest BCUT2D eigenvalue weighted by Crippen LogP contribution is -2.42. The smallest absolute Gasteiger partial charge is 0.310 e. The molecule has 1 aromatic carbocycles. The number of anilines is 1. The number of carbonyl (C=O) groups is 2. The molecule has 0 bridgehead atoms. The molecule has 2 atom stereocenters. The highest BCUT2D eigenvalue weighted by atomic mass is 16.5. The summed E-state index contributed by atoms with van der Waals surface area (Å²) < 4.78 is 4.92. The summed E-state index contributed by atoms with van der Waals surface area (Å²) in [5, 5.41) is 3.25. The van der Waals surface area contributed by atoms with Gasteiger partial charge in [0.2, 0.25) is 5.91 Å². The number of benzene rings is 1. The summed E-state index contributed by atoms with van der Waals surface area (Å²) in [7, 11) is 1.42. The van der Waals surface area contributed by atoms with Crippen LogP contribution in [0.4, 0.5) is 5.69 Å². The Morgan fingerprint density at radius 3 is 2.82 bits per heavy atom. The Labute approximate surface area is 166 Å². The normalized spacial score (nSPS) is 22.0. The molecule has 0 aromatic heterocycles. The highest BCUT2D eigenvalue weighted by Gasteiger charge is 2.37. The minimum atomic E-state index is -0.188. The van der Waals surface area contributed by atoms with E-state index in [4.69, 9.17) is 4.74 Å². The molecular weight excluding hydrogens is 356 g/mol. The number of aryl methyl sites for hydroxylation is 1. The van der Waals surface area contributed by atoms with Crippen molar-refractivity contribution in [3.8, 4) is 0 Å². The van der Waals surface area contributed by atoms with E-state index >= 15 is 0 Å². The Bertz CT molecular complexity index is 749. The molecule has 1 saturated heterocycles. The summed E-state index contributed by atoms with van der Waals surface area (Å²) in [5.41, 5.74) is 2.21. The van der Waals surface area contributed by atoms with Gasteiger partial charge in [0.1, 0.15) is 6.54 Å². The van der Waals surface area contributed by atoms with Gasteiger partial charge in [-0.1, -0.05) is 25.1 Å². The van der Waals surface area contributed by atoms with E-state index in [9.17, 15) is 9.59 Å². The van der Waals surface area contributed by atoms with Gasteiger partial charge in [0, 0.05) is 31.9 Å². The van der Waals surface area contributed by atoms with Gasteiger partial charge in [-0.05, 0) is 37.3 Å². The molecule has 7 heteroatoms. The van der Waals surface area contributed by atoms with E-state index in [1.54, 1.807) is 0 Å². The fourth-order valence-corrected chi connectivity index (χ4v) is 4.04. The van der Waals surface area contributed by atoms with E-state index < -0.39 is 0 Å². The largest absolute Gasteiger partial charge is 0.469 e. The molecule has 2 heterocycles. The van der Waals surface area contributed by atoms with Crippen LogP contribution in [0.25, 0.3) is 0 Å². The van der Waals surface area contributed by atoms with Gasteiger partial charge in [-0.25, -0.2) is 4.99 Å². The van der Waals surface area contributed by atoms with Crippen molar-refractivity contribution in [1.29, 1.82) is 0 Å². The van der Waals surface area contributed by atoms with E-state index in [1.165, 1.54) is 12.7 Å². The summed E-state index contributed by atoms with van der Waals surface area (Å²) in [5.74, 6) is 0.505. The van der Waals surface area contributed by atoms with E-state index in [1.807, 2.05) is 41.8 Å². The fraction of sp³-hybridized carbons (Fsp3) is 0.571. The first-order valence-electron chi connectivity index (χ1n) is 10.0. The third kappa shape index (κ3) is 4.29. The standard InChI is InChI=1S/C21H30N4O3/c1-4-22-21(24-13-15(2)17(14-24)20(27)28-3)23-12-19(26)25-11-7-9-16-8-5-6-10-18(16)25/h5-6,8,10,15,17H,4,7,9,11-14H2,1-3H3,(H,22,23). The number of guanidine groups is 1. The van der Waals surface area contributed by atoms with Gasteiger partial charge in [0.05, 0.1) is 13.0 Å². The number of methoxy groups -OCH3 is 1. The average molecular weight is 386 g/mol. The highest BCUT2D eigenvalue weighted by molar-refractivity contribution is 5.97. The molecule has 1 fully saturated rings. The molecule has 0 radical (unpaired) electrons. The van der Waals surface area contributed by atoms with Crippen LogP contribution in [0, 0.1) is 11.8 Å². The Morgan fingerprint density at radius 1 is 1.29 bits per heavy atom. The molecule has 1 aromatic rings. The maximum absolute atomic E-state index is 12.9. The third-order valence-electron chi connectivity index (χ3n) is 5.53. The second-order valence-corrected chi connectivity index (χ2v) is 7.46. The molecule has 2 unspecified atom stereocenters. The molecule has 0 spiro atoms. The molecule has 1 amide bonds. The molecule has 2 aliphatic rings. The number of ether oxygens (including phenoxy) is 1. The Balaban J connectivity index is 1.70. The van der Waals surface area contributed by atoms with Crippen LogP contribution in [0.15, 0.2) is 29.3 Å². The van der Waals surface area contributed by atoms with Crippen LogP contribution in [0.5, 0.6) is 0 Å². The first kappa shape index (κ1) is 20.2. The van der Waals surface area contributed by atoms with E-state index in [0.29, 0.717) is 25.6 Å². The number of nitrogens with zero attached hydrogens (tertiary/aromatic N) is 3. The van der Waals surface area contributed by atoms with E-state index in [2.05, 4.69) is 16.4 Å². The van der Waals surface area contributed by atoms with Crippen LogP contribution < -0.4 is 10.2 Å². The number of hydrogen-bond donors (Lipinski definition) is 1. The fourth-order valence-electron chi connectivity index (χ4n) is 4.04. The number of para-hydroxylation sites is 1. The zero-order valence-corrected chi connectivity index (χ0v) is 17.0. The molecule has 2 aliphatic heterocycles. The molecule has 1 N–H and O–H groups in total. The van der Waals surface area contributed by atoms with Gasteiger partial charge in [-0.3, -0.25) is 9.59 Å². The summed E-state index contributed by atoms with van der Waals surface area (Å²) in [6.07, 6.45) is 1.98. The quantitative estimate of drug-likeness (QED) is 0.484. The summed E-state index contributed by atoms with van der Waals surface area (Å²) >= 11 is 0. The molecule has 0 saturated carbocycles. The number of fused-ring (bicyclic) bond motifs is 1. The number of esters is 1. The lowest BCUT2D eigenvalue weighted by Gasteiger charge is -2.29. The van der Waals surface area contributed by atoms with E-state index in [-0.39, 0.29) is 30.3 Å². The van der Waals surface area contributed by atoms with Gasteiger partial charge in [0.25, 0.3) is 0 Å². The Morgan fingerprint density at radius 2 is 2.07 bits per heavy atom. The number of carbonyl (C=O) groups excluding carboxylic acids is 2. The molecule has 152 valence electrons. The Hall–Kier alpha value is -2.57. The SMILES string of the molecule is CCNC(=NCC(=O)N1CCCc2ccccc21)N1CC(C)C(C(=O)OC)C1. The zero-order valence-electron chi connectivity index (χ0n) is 17.0. The highest BCUT2D eigenvalue weighted by Crippen LogP contribution is 2.27. The third-order valence-corrected chi connectivity index (χ3v) is 5.53. The van der Waals surface area contributed by atoms with Crippen molar-refractivity contribution in [2.24, 2.45) is 16.8 Å². The summed E-state index contributed by atoms with van der Waals surface area (Å²) in [6, 6.07) is 8.07. The lowest BCUT2D eigenvalue weighted by atomic mass is 9.99. The molecule has 0 aliphatic carbocycles. The van der Waals surface area contributed by atoms with Crippen molar-refractivity contribution in [2.75, 3.05) is 44.7 Å². The molecule has 28 heavy (non-hydrogen) atoms. The summed E-state index contributed by atoms with van der Waals surface area (Å²) in [4.78, 5) is 33.3. The van der Waals surface area contributed by atoms with Crippen LogP contribution in [0.2, 0.25) is 0 Å². The topological polar surface area (TPSA) is 74.2 Å². The minimum Gasteiger partial charge on any atom is -0.469 e. The maximum Gasteiger partial charge on any atom is 0.310 e. The monoisotopic (exact) mass is 386 g/mol. The van der Waals surface area contributed by atoms with Gasteiger partial charge in [-0.15, -0.1) is 0 Å². The van der Waals surface area contributed by atoms with E-state index in [0.717, 1.165) is 25.1 Å². The predicted octanol–water partition coefficient (Wildman–Crippen LogP) is 1.67. The number of likely N-dealkylation sites (tertiary alicyclic amines) is 1. The van der Waals surface area contributed by atoms with Crippen molar-refractivity contribution >= 4 is 23.5 Å². The average Bonchev–Trinajstić information content (AvgIpc) is 3.11. The van der Waals surface area contributed by atoms with Crippen LogP contribution >= 0.6 is 0 Å². The zero-order chi connectivity index (χ0) is 20.1. The van der Waals surface area contributed by atoms with Crippen LogP contribution in [0.3, 0.4) is 0 Å². The predicted molar refractivity (Wildman–Crippen MR) is 109 cm³/mol. The van der Waals surface area contributed by atoms with Crippen molar-refractivity contribution in [2.45, 2.75) is 26.7 Å². The molecule has 3 rings (SSSR count). The number of amides is 1. The van der Waals surface area contributed by atoms with Crippen molar-refractivity contribution in [1.82, 2.24) is 10.2 Å². The maximum atomic E-state index is 12.9. The Kier molecular flexibility index (Phi) is 6.54. The van der Waals surface area contributed by atoms with Crippen molar-refractivity contribution in [3.05, 3.63) is 29.8 Å². The number of rotatable bonds is 4. The lowest BCUT2D eigenvalue weighted by molar-refractivity contribution is -0.146. The van der Waals surface area contributed by atoms with Crippen LogP contribution in [0.1, 0.15) is 25.8 Å². The van der Waals surface area contributed by atoms with Crippen molar-refractivity contribution < 1.29 is 14.3 Å². The molecule has 7 nitrogen and oxygen atoms in total. The number of nitrogens with one attached hydrogen (secondary N) is 1. The van der Waals surface area contributed by atoms with Crippen LogP contribution in [-0.2, 0) is 20.7 Å². The van der Waals surface area contributed by atoms with Gasteiger partial charge >= 0.3 is 5.97 Å². The van der Waals surface area contributed by atoms with Crippen molar-refractivity contribution in [3.63, 3.8) is 0 Å². The number of aliphatic imine (C=N–C) groups is 1. The van der Waals surface area contributed by atoms with Gasteiger partial charge < -0.3 is 19.9 Å². The first-order chi connectivity index (χ1) is 13.5.